The van der Waals surface area contributed by atoms with Gasteiger partial charge in [-0.1, -0.05) is 12.1 Å². The molecular weight excluding hydrogens is 394 g/mol. The number of piperidine rings is 1. The first-order chi connectivity index (χ1) is 15.2. The van der Waals surface area contributed by atoms with Crippen molar-refractivity contribution >= 4 is 28.6 Å². The number of nitrogens with zero attached hydrogens (tertiary/aromatic N) is 2. The number of amides is 2. The first-order valence-corrected chi connectivity index (χ1v) is 10.8. The Balaban J connectivity index is 1.17. The zero-order chi connectivity index (χ0) is 21.2. The number of fused-ring (bicyclic) bond motifs is 1. The van der Waals surface area contributed by atoms with Crippen LogP contribution in [-0.2, 0) is 14.3 Å². The SMILES string of the molecule is O=C(Nc1ccc(-c2nc3ccccc3o2)cc1)C1CCN(C(=O)[C@@H]2CCCO2)CC1. The zero-order valence-corrected chi connectivity index (χ0v) is 17.3. The molecular formula is C24H25N3O4. The molecule has 0 spiro atoms. The van der Waals surface area contributed by atoms with Gasteiger partial charge in [0, 0.05) is 36.9 Å². The molecule has 0 saturated carbocycles. The number of hydrogen-bond donors (Lipinski definition) is 1. The van der Waals surface area contributed by atoms with Crippen molar-refractivity contribution in [3.8, 4) is 11.5 Å². The Bertz CT molecular complexity index is 1040. The Morgan fingerprint density at radius 2 is 1.77 bits per heavy atom. The molecule has 0 radical (unpaired) electrons. The fourth-order valence-electron chi connectivity index (χ4n) is 4.27. The molecule has 1 aromatic heterocycles. The minimum Gasteiger partial charge on any atom is -0.436 e. The van der Waals surface area contributed by atoms with Gasteiger partial charge in [-0.2, -0.15) is 0 Å². The van der Waals surface area contributed by atoms with Crippen LogP contribution in [0, 0.1) is 5.92 Å². The molecule has 2 saturated heterocycles. The van der Waals surface area contributed by atoms with Gasteiger partial charge in [0.2, 0.25) is 11.8 Å². The molecule has 1 atom stereocenters. The topological polar surface area (TPSA) is 84.7 Å². The summed E-state index contributed by atoms with van der Waals surface area (Å²) in [6.07, 6.45) is 2.81. The minimum atomic E-state index is -0.287. The maximum absolute atomic E-state index is 12.7. The van der Waals surface area contributed by atoms with E-state index < -0.39 is 0 Å². The van der Waals surface area contributed by atoms with E-state index in [0.29, 0.717) is 38.4 Å². The third-order valence-electron chi connectivity index (χ3n) is 6.08. The van der Waals surface area contributed by atoms with E-state index in [1.165, 1.54) is 0 Å². The number of oxazole rings is 1. The average Bonchev–Trinajstić information content (AvgIpc) is 3.49. The van der Waals surface area contributed by atoms with Crippen molar-refractivity contribution in [2.75, 3.05) is 25.0 Å². The third-order valence-corrected chi connectivity index (χ3v) is 6.08. The monoisotopic (exact) mass is 419 g/mol. The van der Waals surface area contributed by atoms with E-state index in [2.05, 4.69) is 10.3 Å². The van der Waals surface area contributed by atoms with E-state index in [4.69, 9.17) is 9.15 Å². The highest BCUT2D eigenvalue weighted by molar-refractivity contribution is 5.93. The lowest BCUT2D eigenvalue weighted by molar-refractivity contribution is -0.143. The predicted molar refractivity (Wildman–Crippen MR) is 116 cm³/mol. The van der Waals surface area contributed by atoms with Crippen molar-refractivity contribution in [1.82, 2.24) is 9.88 Å². The summed E-state index contributed by atoms with van der Waals surface area (Å²) in [7, 11) is 0. The van der Waals surface area contributed by atoms with Crippen molar-refractivity contribution in [3.05, 3.63) is 48.5 Å². The summed E-state index contributed by atoms with van der Waals surface area (Å²) in [6, 6.07) is 15.1. The molecule has 3 heterocycles. The number of benzene rings is 2. The zero-order valence-electron chi connectivity index (χ0n) is 17.3. The number of rotatable bonds is 4. The van der Waals surface area contributed by atoms with E-state index in [1.54, 1.807) is 0 Å². The van der Waals surface area contributed by atoms with Crippen LogP contribution in [-0.4, -0.2) is 47.5 Å². The number of ether oxygens (including phenoxy) is 1. The lowest BCUT2D eigenvalue weighted by atomic mass is 9.95. The van der Waals surface area contributed by atoms with Crippen LogP contribution in [0.3, 0.4) is 0 Å². The number of nitrogens with one attached hydrogen (secondary N) is 1. The van der Waals surface area contributed by atoms with Crippen LogP contribution in [0.1, 0.15) is 25.7 Å². The summed E-state index contributed by atoms with van der Waals surface area (Å²) in [5.74, 6) is 0.539. The van der Waals surface area contributed by atoms with Gasteiger partial charge in [-0.3, -0.25) is 9.59 Å². The van der Waals surface area contributed by atoms with Crippen LogP contribution in [0.25, 0.3) is 22.6 Å². The summed E-state index contributed by atoms with van der Waals surface area (Å²) < 4.78 is 11.3. The molecule has 2 aliphatic rings. The second-order valence-electron chi connectivity index (χ2n) is 8.15. The lowest BCUT2D eigenvalue weighted by Crippen LogP contribution is -2.45. The van der Waals surface area contributed by atoms with Gasteiger partial charge in [0.1, 0.15) is 11.6 Å². The van der Waals surface area contributed by atoms with E-state index >= 15 is 0 Å². The lowest BCUT2D eigenvalue weighted by Gasteiger charge is -2.32. The number of aromatic nitrogens is 1. The number of carbonyl (C=O) groups excluding carboxylic acids is 2. The molecule has 7 nitrogen and oxygen atoms in total. The Morgan fingerprint density at radius 1 is 1.00 bits per heavy atom. The van der Waals surface area contributed by atoms with Gasteiger partial charge >= 0.3 is 0 Å². The van der Waals surface area contributed by atoms with Crippen LogP contribution in [0.15, 0.2) is 52.9 Å². The molecule has 0 aliphatic carbocycles. The normalized spacial score (nSPS) is 19.6. The number of para-hydroxylation sites is 2. The fourth-order valence-corrected chi connectivity index (χ4v) is 4.27. The molecule has 2 aliphatic heterocycles. The number of hydrogen-bond acceptors (Lipinski definition) is 5. The molecule has 2 amide bonds. The largest absolute Gasteiger partial charge is 0.436 e. The van der Waals surface area contributed by atoms with Gasteiger partial charge in [-0.25, -0.2) is 4.98 Å². The third kappa shape index (κ3) is 4.18. The van der Waals surface area contributed by atoms with Gasteiger partial charge in [0.15, 0.2) is 5.58 Å². The minimum absolute atomic E-state index is 0.00109. The predicted octanol–water partition coefficient (Wildman–Crippen LogP) is 3.85. The summed E-state index contributed by atoms with van der Waals surface area (Å²) in [5.41, 5.74) is 3.16. The van der Waals surface area contributed by atoms with Gasteiger partial charge in [0.05, 0.1) is 0 Å². The van der Waals surface area contributed by atoms with Gasteiger partial charge in [-0.15, -0.1) is 0 Å². The standard InChI is InChI=1S/C24H25N3O4/c28-22(16-11-13-27(14-12-16)24(29)21-6-3-15-30-21)25-18-9-7-17(8-10-18)23-26-19-4-1-2-5-20(19)31-23/h1-2,4-5,7-10,16,21H,3,6,11-15H2,(H,25,28)/t21-/m0/s1. The first kappa shape index (κ1) is 19.8. The molecule has 7 heteroatoms. The van der Waals surface area contributed by atoms with Crippen molar-refractivity contribution in [2.24, 2.45) is 5.92 Å². The highest BCUT2D eigenvalue weighted by atomic mass is 16.5. The summed E-state index contributed by atoms with van der Waals surface area (Å²) >= 11 is 0. The summed E-state index contributed by atoms with van der Waals surface area (Å²) in [5, 5.41) is 3.00. The quantitative estimate of drug-likeness (QED) is 0.694. The molecule has 3 aromatic rings. The smallest absolute Gasteiger partial charge is 0.251 e. The molecule has 2 fully saturated rings. The fraction of sp³-hybridized carbons (Fsp3) is 0.375. The van der Waals surface area contributed by atoms with Gasteiger partial charge < -0.3 is 19.4 Å². The molecule has 31 heavy (non-hydrogen) atoms. The van der Waals surface area contributed by atoms with Gasteiger partial charge in [-0.05, 0) is 62.1 Å². The molecule has 160 valence electrons. The van der Waals surface area contributed by atoms with E-state index in [0.717, 1.165) is 35.2 Å². The highest BCUT2D eigenvalue weighted by Crippen LogP contribution is 2.26. The maximum Gasteiger partial charge on any atom is 0.251 e. The Morgan fingerprint density at radius 3 is 2.48 bits per heavy atom. The van der Waals surface area contributed by atoms with E-state index in [1.807, 2.05) is 53.4 Å². The van der Waals surface area contributed by atoms with Crippen LogP contribution < -0.4 is 5.32 Å². The first-order valence-electron chi connectivity index (χ1n) is 10.8. The Hall–Kier alpha value is -3.19. The van der Waals surface area contributed by atoms with Crippen LogP contribution in [0.5, 0.6) is 0 Å². The molecule has 0 unspecified atom stereocenters. The molecule has 1 N–H and O–H groups in total. The average molecular weight is 419 g/mol. The molecule has 0 bridgehead atoms. The van der Waals surface area contributed by atoms with Crippen LogP contribution in [0.4, 0.5) is 5.69 Å². The van der Waals surface area contributed by atoms with Crippen LogP contribution >= 0.6 is 0 Å². The van der Waals surface area contributed by atoms with Crippen LogP contribution in [0.2, 0.25) is 0 Å². The Labute approximate surface area is 180 Å². The molecule has 2 aromatic carbocycles. The van der Waals surface area contributed by atoms with Crippen molar-refractivity contribution in [3.63, 3.8) is 0 Å². The second-order valence-corrected chi connectivity index (χ2v) is 8.15. The summed E-state index contributed by atoms with van der Waals surface area (Å²) in [4.78, 5) is 31.5. The second kappa shape index (κ2) is 8.51. The molecule has 5 rings (SSSR count). The van der Waals surface area contributed by atoms with Gasteiger partial charge in [0.25, 0.3) is 5.91 Å². The Kier molecular flexibility index (Phi) is 5.42. The van der Waals surface area contributed by atoms with Crippen molar-refractivity contribution in [1.29, 1.82) is 0 Å². The van der Waals surface area contributed by atoms with Crippen molar-refractivity contribution in [2.45, 2.75) is 31.8 Å². The van der Waals surface area contributed by atoms with E-state index in [-0.39, 0.29) is 23.8 Å². The highest BCUT2D eigenvalue weighted by Gasteiger charge is 2.32. The summed E-state index contributed by atoms with van der Waals surface area (Å²) in [6.45, 7) is 1.88. The maximum atomic E-state index is 12.7. The number of likely N-dealkylation sites (tertiary alicyclic amines) is 1. The number of anilines is 1. The number of carbonyl (C=O) groups is 2. The van der Waals surface area contributed by atoms with Crippen molar-refractivity contribution < 1.29 is 18.7 Å². The van der Waals surface area contributed by atoms with E-state index in [9.17, 15) is 9.59 Å².